The third-order valence-electron chi connectivity index (χ3n) is 3.23. The van der Waals surface area contributed by atoms with Crippen molar-refractivity contribution in [3.8, 4) is 0 Å². The lowest BCUT2D eigenvalue weighted by Crippen LogP contribution is -2.31. The van der Waals surface area contributed by atoms with E-state index in [0.717, 1.165) is 13.1 Å². The zero-order valence-corrected chi connectivity index (χ0v) is 12.4. The minimum absolute atomic E-state index is 0.246. The molecule has 0 atom stereocenters. The normalized spacial score (nSPS) is 11.3. The molecule has 1 aromatic carbocycles. The van der Waals surface area contributed by atoms with Crippen LogP contribution in [-0.2, 0) is 11.3 Å². The highest BCUT2D eigenvalue weighted by molar-refractivity contribution is 5.66. The van der Waals surface area contributed by atoms with Crippen LogP contribution in [0.15, 0.2) is 18.2 Å². The molecule has 3 nitrogen and oxygen atoms in total. The number of aliphatic carboxylic acids is 1. The number of hydrogen-bond donors (Lipinski definition) is 1. The Morgan fingerprint density at radius 1 is 1.21 bits per heavy atom. The number of nitrogens with zero attached hydrogens (tertiary/aromatic N) is 1. The smallest absolute Gasteiger partial charge is 0.303 e. The van der Waals surface area contributed by atoms with Crippen LogP contribution in [-0.4, -0.2) is 28.6 Å². The topological polar surface area (TPSA) is 40.5 Å². The Hall–Kier alpha value is -1.35. The standard InChI is InChI=1S/C16H25NO2/c1-12(2)17(7-5-6-16(18)19)11-15-9-13(3)8-14(4)10-15/h8-10,12H,5-7,11H2,1-4H3,(H,18,19). The summed E-state index contributed by atoms with van der Waals surface area (Å²) >= 11 is 0. The molecule has 1 N–H and O–H groups in total. The third kappa shape index (κ3) is 5.88. The Kier molecular flexibility index (Phi) is 6.03. The van der Waals surface area contributed by atoms with E-state index in [9.17, 15) is 4.79 Å². The van der Waals surface area contributed by atoms with Crippen molar-refractivity contribution in [3.63, 3.8) is 0 Å². The molecule has 0 radical (unpaired) electrons. The van der Waals surface area contributed by atoms with Crippen molar-refractivity contribution in [2.45, 2.75) is 53.1 Å². The van der Waals surface area contributed by atoms with Crippen molar-refractivity contribution in [1.29, 1.82) is 0 Å². The Bertz CT molecular complexity index is 407. The lowest BCUT2D eigenvalue weighted by molar-refractivity contribution is -0.137. The molecule has 106 valence electrons. The monoisotopic (exact) mass is 263 g/mol. The minimum atomic E-state index is -0.713. The number of aryl methyl sites for hydroxylation is 2. The van der Waals surface area contributed by atoms with Crippen LogP contribution >= 0.6 is 0 Å². The van der Waals surface area contributed by atoms with Gasteiger partial charge in [-0.15, -0.1) is 0 Å². The zero-order valence-electron chi connectivity index (χ0n) is 12.4. The van der Waals surface area contributed by atoms with E-state index in [2.05, 4.69) is 50.8 Å². The fourth-order valence-corrected chi connectivity index (χ4v) is 2.35. The van der Waals surface area contributed by atoms with E-state index in [1.54, 1.807) is 0 Å². The van der Waals surface area contributed by atoms with Crippen LogP contribution in [0, 0.1) is 13.8 Å². The van der Waals surface area contributed by atoms with Gasteiger partial charge in [-0.05, 0) is 46.2 Å². The fourth-order valence-electron chi connectivity index (χ4n) is 2.35. The van der Waals surface area contributed by atoms with E-state index in [0.29, 0.717) is 12.5 Å². The van der Waals surface area contributed by atoms with Gasteiger partial charge in [0.15, 0.2) is 0 Å². The molecule has 0 aliphatic rings. The molecule has 0 aromatic heterocycles. The second kappa shape index (κ2) is 7.29. The van der Waals surface area contributed by atoms with Gasteiger partial charge >= 0.3 is 5.97 Å². The Balaban J connectivity index is 2.64. The van der Waals surface area contributed by atoms with Crippen LogP contribution < -0.4 is 0 Å². The highest BCUT2D eigenvalue weighted by atomic mass is 16.4. The van der Waals surface area contributed by atoms with Crippen molar-refractivity contribution >= 4 is 5.97 Å². The summed E-state index contributed by atoms with van der Waals surface area (Å²) in [6, 6.07) is 7.02. The molecule has 0 unspecified atom stereocenters. The predicted octanol–water partition coefficient (Wildman–Crippen LogP) is 3.38. The van der Waals surface area contributed by atoms with Crippen LogP contribution in [0.5, 0.6) is 0 Å². The second-order valence-corrected chi connectivity index (χ2v) is 5.56. The summed E-state index contributed by atoms with van der Waals surface area (Å²) in [5.41, 5.74) is 3.87. The van der Waals surface area contributed by atoms with Gasteiger partial charge in [-0.2, -0.15) is 0 Å². The molecule has 1 rings (SSSR count). The molecule has 0 aliphatic carbocycles. The van der Waals surface area contributed by atoms with Crippen LogP contribution in [0.1, 0.15) is 43.4 Å². The molecular formula is C16H25NO2. The van der Waals surface area contributed by atoms with Gasteiger partial charge in [-0.1, -0.05) is 29.3 Å². The number of carboxylic acid groups (broad SMARTS) is 1. The minimum Gasteiger partial charge on any atom is -0.481 e. The number of carboxylic acids is 1. The highest BCUT2D eigenvalue weighted by Crippen LogP contribution is 2.13. The maximum atomic E-state index is 10.6. The van der Waals surface area contributed by atoms with Gasteiger partial charge in [0.25, 0.3) is 0 Å². The van der Waals surface area contributed by atoms with Gasteiger partial charge in [0.05, 0.1) is 0 Å². The van der Waals surface area contributed by atoms with E-state index in [1.807, 2.05) is 0 Å². The summed E-state index contributed by atoms with van der Waals surface area (Å²) in [7, 11) is 0. The van der Waals surface area contributed by atoms with E-state index < -0.39 is 5.97 Å². The summed E-state index contributed by atoms with van der Waals surface area (Å²) < 4.78 is 0. The van der Waals surface area contributed by atoms with E-state index in [-0.39, 0.29) is 6.42 Å². The number of carbonyl (C=O) groups is 1. The molecule has 0 saturated heterocycles. The lowest BCUT2D eigenvalue weighted by atomic mass is 10.1. The van der Waals surface area contributed by atoms with Crippen molar-refractivity contribution in [2.75, 3.05) is 6.54 Å². The average Bonchev–Trinajstić information content (AvgIpc) is 2.25. The molecule has 1 aromatic rings. The van der Waals surface area contributed by atoms with Gasteiger partial charge in [0.2, 0.25) is 0 Å². The molecule has 3 heteroatoms. The maximum Gasteiger partial charge on any atom is 0.303 e. The first-order valence-corrected chi connectivity index (χ1v) is 6.91. The Morgan fingerprint density at radius 2 is 1.79 bits per heavy atom. The van der Waals surface area contributed by atoms with Gasteiger partial charge < -0.3 is 5.11 Å². The van der Waals surface area contributed by atoms with E-state index >= 15 is 0 Å². The molecular weight excluding hydrogens is 238 g/mol. The van der Waals surface area contributed by atoms with Crippen molar-refractivity contribution in [3.05, 3.63) is 34.9 Å². The predicted molar refractivity (Wildman–Crippen MR) is 78.3 cm³/mol. The third-order valence-corrected chi connectivity index (χ3v) is 3.23. The van der Waals surface area contributed by atoms with Crippen LogP contribution in [0.25, 0.3) is 0 Å². The SMILES string of the molecule is Cc1cc(C)cc(CN(CCCC(=O)O)C(C)C)c1. The molecule has 0 fully saturated rings. The molecule has 0 heterocycles. The van der Waals surface area contributed by atoms with Gasteiger partial charge in [0.1, 0.15) is 0 Å². The average molecular weight is 263 g/mol. The second-order valence-electron chi connectivity index (χ2n) is 5.56. The maximum absolute atomic E-state index is 10.6. The summed E-state index contributed by atoms with van der Waals surface area (Å²) in [5.74, 6) is -0.713. The van der Waals surface area contributed by atoms with Crippen LogP contribution in [0.4, 0.5) is 0 Å². The molecule has 19 heavy (non-hydrogen) atoms. The quantitative estimate of drug-likeness (QED) is 0.820. The highest BCUT2D eigenvalue weighted by Gasteiger charge is 2.11. The lowest BCUT2D eigenvalue weighted by Gasteiger charge is -2.26. The van der Waals surface area contributed by atoms with Gasteiger partial charge in [-0.25, -0.2) is 0 Å². The van der Waals surface area contributed by atoms with Gasteiger partial charge in [0, 0.05) is 19.0 Å². The van der Waals surface area contributed by atoms with Crippen molar-refractivity contribution in [2.24, 2.45) is 0 Å². The number of rotatable bonds is 7. The van der Waals surface area contributed by atoms with Crippen LogP contribution in [0.2, 0.25) is 0 Å². The largest absolute Gasteiger partial charge is 0.481 e. The molecule has 0 aliphatic heterocycles. The molecule has 0 saturated carbocycles. The molecule has 0 bridgehead atoms. The number of benzene rings is 1. The summed E-state index contributed by atoms with van der Waals surface area (Å²) in [4.78, 5) is 12.9. The summed E-state index contributed by atoms with van der Waals surface area (Å²) in [5, 5.41) is 8.71. The van der Waals surface area contributed by atoms with Crippen molar-refractivity contribution < 1.29 is 9.90 Å². The molecule has 0 spiro atoms. The number of hydrogen-bond acceptors (Lipinski definition) is 2. The van der Waals surface area contributed by atoms with E-state index in [4.69, 9.17) is 5.11 Å². The summed E-state index contributed by atoms with van der Waals surface area (Å²) in [6.07, 6.45) is 0.953. The fraction of sp³-hybridized carbons (Fsp3) is 0.562. The van der Waals surface area contributed by atoms with E-state index in [1.165, 1.54) is 16.7 Å². The van der Waals surface area contributed by atoms with Crippen molar-refractivity contribution in [1.82, 2.24) is 4.90 Å². The Labute approximate surface area is 116 Å². The zero-order chi connectivity index (χ0) is 14.4. The summed E-state index contributed by atoms with van der Waals surface area (Å²) in [6.45, 7) is 10.3. The first-order chi connectivity index (χ1) is 8.88. The van der Waals surface area contributed by atoms with Gasteiger partial charge in [-0.3, -0.25) is 9.69 Å². The Morgan fingerprint density at radius 3 is 2.26 bits per heavy atom. The van der Waals surface area contributed by atoms with Crippen LogP contribution in [0.3, 0.4) is 0 Å². The molecule has 0 amide bonds. The first kappa shape index (κ1) is 15.7. The first-order valence-electron chi connectivity index (χ1n) is 6.91.